The number of benzene rings is 1. The zero-order chi connectivity index (χ0) is 18.1. The van der Waals surface area contributed by atoms with E-state index >= 15 is 0 Å². The maximum Gasteiger partial charge on any atom is 0.263 e. The van der Waals surface area contributed by atoms with Gasteiger partial charge in [0, 0.05) is 6.20 Å². The molecule has 1 aromatic carbocycles. The smallest absolute Gasteiger partial charge is 0.263 e. The summed E-state index contributed by atoms with van der Waals surface area (Å²) in [7, 11) is -3.22. The average Bonchev–Trinajstić information content (AvgIpc) is 3.26. The number of amides is 2. The molecule has 2 amide bonds. The van der Waals surface area contributed by atoms with Crippen LogP contribution in [-0.2, 0) is 0 Å². The van der Waals surface area contributed by atoms with Gasteiger partial charge < -0.3 is 0 Å². The summed E-state index contributed by atoms with van der Waals surface area (Å²) in [5.74, 6) is -1.00. The van der Waals surface area contributed by atoms with Crippen molar-refractivity contribution in [1.29, 1.82) is 0 Å². The molecule has 0 aliphatic carbocycles. The van der Waals surface area contributed by atoms with Crippen LogP contribution in [0.5, 0.6) is 0 Å². The molecular formula is C17H12N4O4S. The zero-order valence-electron chi connectivity index (χ0n) is 13.2. The first-order chi connectivity index (χ1) is 12.5. The summed E-state index contributed by atoms with van der Waals surface area (Å²) in [5.41, 5.74) is 1.53. The molecule has 9 heteroatoms. The van der Waals surface area contributed by atoms with Crippen LogP contribution in [0.15, 0.2) is 46.5 Å². The maximum absolute atomic E-state index is 12.8. The van der Waals surface area contributed by atoms with Crippen molar-refractivity contribution in [1.82, 2.24) is 20.1 Å². The van der Waals surface area contributed by atoms with Crippen LogP contribution in [-0.4, -0.2) is 47.5 Å². The number of hydrogen-bond donors (Lipinski definition) is 3. The van der Waals surface area contributed by atoms with Crippen LogP contribution in [0.1, 0.15) is 26.3 Å². The van der Waals surface area contributed by atoms with Crippen molar-refractivity contribution >= 4 is 39.5 Å². The number of aromatic amines is 1. The number of fused-ring (bicyclic) bond motifs is 4. The predicted molar refractivity (Wildman–Crippen MR) is 94.8 cm³/mol. The highest BCUT2D eigenvalue weighted by Crippen LogP contribution is 2.61. The van der Waals surface area contributed by atoms with E-state index in [4.69, 9.17) is 0 Å². The molecule has 2 aliphatic heterocycles. The number of nitrogens with zero attached hydrogens (tertiary/aromatic N) is 3. The number of carbonyl (C=O) groups excluding carboxylic acids is 2. The molecule has 3 N–H and O–H groups in total. The molecule has 0 fully saturated rings. The van der Waals surface area contributed by atoms with Gasteiger partial charge in [-0.05, 0) is 17.7 Å². The lowest BCUT2D eigenvalue weighted by molar-refractivity contribution is 0.0671. The first-order valence-corrected chi connectivity index (χ1v) is 9.29. The van der Waals surface area contributed by atoms with Gasteiger partial charge in [-0.1, -0.05) is 18.2 Å². The standard InChI is InChI=1S/C17H12N4O4S/c22-16-12-6-18-15-11(7-19-20-15)14(12)17(23)21(16)8-10-5-9-3-1-2-4-13(9)26(10,24)25/h1-7,24-25H,8H2,(H,18,19,20). The highest BCUT2D eigenvalue weighted by atomic mass is 32.3. The highest BCUT2D eigenvalue weighted by Gasteiger charge is 2.41. The Morgan fingerprint density at radius 3 is 2.73 bits per heavy atom. The normalized spacial score (nSPS) is 18.8. The highest BCUT2D eigenvalue weighted by molar-refractivity contribution is 8.28. The Kier molecular flexibility index (Phi) is 2.94. The average molecular weight is 368 g/mol. The molecule has 2 aromatic heterocycles. The van der Waals surface area contributed by atoms with Crippen molar-refractivity contribution in [2.75, 3.05) is 6.54 Å². The molecule has 3 aromatic rings. The van der Waals surface area contributed by atoms with E-state index < -0.39 is 22.4 Å². The molecule has 130 valence electrons. The Morgan fingerprint density at radius 2 is 1.92 bits per heavy atom. The predicted octanol–water partition coefficient (Wildman–Crippen LogP) is 2.72. The van der Waals surface area contributed by atoms with E-state index in [1.165, 1.54) is 12.4 Å². The van der Waals surface area contributed by atoms with Gasteiger partial charge >= 0.3 is 0 Å². The number of nitrogens with one attached hydrogen (secondary N) is 1. The summed E-state index contributed by atoms with van der Waals surface area (Å²) < 4.78 is 21.2. The number of aromatic nitrogens is 3. The van der Waals surface area contributed by atoms with Gasteiger partial charge in [-0.25, -0.2) is 4.98 Å². The van der Waals surface area contributed by atoms with Gasteiger partial charge in [-0.15, -0.1) is 10.6 Å². The maximum atomic E-state index is 12.8. The Morgan fingerprint density at radius 1 is 1.12 bits per heavy atom. The van der Waals surface area contributed by atoms with Gasteiger partial charge in [0.25, 0.3) is 11.8 Å². The van der Waals surface area contributed by atoms with E-state index in [0.717, 1.165) is 4.90 Å². The number of H-pyrrole nitrogens is 1. The van der Waals surface area contributed by atoms with Crippen molar-refractivity contribution < 1.29 is 18.7 Å². The van der Waals surface area contributed by atoms with Crippen molar-refractivity contribution in [2.45, 2.75) is 4.90 Å². The van der Waals surface area contributed by atoms with Gasteiger partial charge in [-0.2, -0.15) is 5.10 Å². The molecule has 2 aliphatic rings. The van der Waals surface area contributed by atoms with Crippen molar-refractivity contribution in [3.63, 3.8) is 0 Å². The number of carbonyl (C=O) groups is 2. The van der Waals surface area contributed by atoms with E-state index in [1.54, 1.807) is 30.3 Å². The molecule has 0 unspecified atom stereocenters. The zero-order valence-corrected chi connectivity index (χ0v) is 14.0. The van der Waals surface area contributed by atoms with Gasteiger partial charge in [0.2, 0.25) is 0 Å². The summed E-state index contributed by atoms with van der Waals surface area (Å²) >= 11 is 0. The molecule has 4 heterocycles. The first-order valence-electron chi connectivity index (χ1n) is 7.74. The van der Waals surface area contributed by atoms with Crippen LogP contribution in [0.25, 0.3) is 17.1 Å². The minimum Gasteiger partial charge on any atom is -0.291 e. The fourth-order valence-corrected chi connectivity index (χ4v) is 4.96. The van der Waals surface area contributed by atoms with Gasteiger partial charge in [0.1, 0.15) is 0 Å². The lowest BCUT2D eigenvalue weighted by Gasteiger charge is -2.32. The largest absolute Gasteiger partial charge is 0.291 e. The SMILES string of the molecule is O=C1c2cnc3[nH]ncc3c2C(=O)N1CC1=Cc2ccccc2S1(O)O. The van der Waals surface area contributed by atoms with E-state index in [2.05, 4.69) is 15.2 Å². The number of hydrogen-bond acceptors (Lipinski definition) is 6. The van der Waals surface area contributed by atoms with Gasteiger partial charge in [-0.3, -0.25) is 28.7 Å². The Hall–Kier alpha value is -3.01. The fourth-order valence-electron chi connectivity index (χ4n) is 3.36. The minimum absolute atomic E-state index is 0.191. The first kappa shape index (κ1) is 15.3. The van der Waals surface area contributed by atoms with Crippen LogP contribution in [0.4, 0.5) is 0 Å². The lowest BCUT2D eigenvalue weighted by atomic mass is 10.1. The van der Waals surface area contributed by atoms with Crippen molar-refractivity contribution in [3.05, 3.63) is 58.3 Å². The molecule has 0 saturated heterocycles. The molecule has 5 rings (SSSR count). The molecule has 8 nitrogen and oxygen atoms in total. The van der Waals surface area contributed by atoms with Crippen molar-refractivity contribution in [3.8, 4) is 0 Å². The molecule has 26 heavy (non-hydrogen) atoms. The third kappa shape index (κ3) is 1.87. The quantitative estimate of drug-likeness (QED) is 0.598. The summed E-state index contributed by atoms with van der Waals surface area (Å²) in [5, 5.41) is 7.00. The summed E-state index contributed by atoms with van der Waals surface area (Å²) in [6.45, 7) is -0.192. The molecule has 0 bridgehead atoms. The van der Waals surface area contributed by atoms with Crippen LogP contribution < -0.4 is 0 Å². The molecule has 0 spiro atoms. The number of pyridine rings is 1. The minimum atomic E-state index is -3.22. The van der Waals surface area contributed by atoms with E-state index in [9.17, 15) is 18.7 Å². The second kappa shape index (κ2) is 5.01. The van der Waals surface area contributed by atoms with Gasteiger partial charge in [0.15, 0.2) is 5.65 Å². The molecule has 0 radical (unpaired) electrons. The molecule has 0 saturated carbocycles. The van der Waals surface area contributed by atoms with E-state index in [0.29, 0.717) is 21.5 Å². The monoisotopic (exact) mass is 368 g/mol. The number of rotatable bonds is 2. The van der Waals surface area contributed by atoms with Crippen molar-refractivity contribution in [2.24, 2.45) is 0 Å². The third-order valence-corrected chi connectivity index (χ3v) is 6.60. The number of imide groups is 1. The topological polar surface area (TPSA) is 119 Å². The van der Waals surface area contributed by atoms with Crippen LogP contribution in [0.3, 0.4) is 0 Å². The van der Waals surface area contributed by atoms with Crippen LogP contribution >= 0.6 is 10.6 Å². The van der Waals surface area contributed by atoms with E-state index in [1.807, 2.05) is 0 Å². The Labute approximate surface area is 148 Å². The summed E-state index contributed by atoms with van der Waals surface area (Å²) in [6.07, 6.45) is 4.42. The molecule has 0 atom stereocenters. The van der Waals surface area contributed by atoms with Crippen LogP contribution in [0, 0.1) is 0 Å². The van der Waals surface area contributed by atoms with E-state index in [-0.39, 0.29) is 22.6 Å². The second-order valence-corrected chi connectivity index (χ2v) is 8.13. The third-order valence-electron chi connectivity index (χ3n) is 4.64. The van der Waals surface area contributed by atoms with Crippen LogP contribution in [0.2, 0.25) is 0 Å². The summed E-state index contributed by atoms with van der Waals surface area (Å²) in [4.78, 5) is 31.3. The summed E-state index contributed by atoms with van der Waals surface area (Å²) in [6, 6.07) is 6.90. The van der Waals surface area contributed by atoms with Gasteiger partial charge in [0.05, 0.1) is 39.1 Å². The second-order valence-electron chi connectivity index (χ2n) is 6.07. The fraction of sp³-hybridized carbons (Fsp3) is 0.0588. The lowest BCUT2D eigenvalue weighted by Crippen LogP contribution is -2.32. The Bertz CT molecular complexity index is 1150. The Balaban J connectivity index is 1.55. The molecular weight excluding hydrogens is 356 g/mol.